The summed E-state index contributed by atoms with van der Waals surface area (Å²) >= 11 is 5.89. The number of ether oxygens (including phenoxy) is 1. The maximum Gasteiger partial charge on any atom is 0.338 e. The van der Waals surface area contributed by atoms with Crippen LogP contribution in [0.2, 0.25) is 5.02 Å². The Morgan fingerprint density at radius 3 is 2.52 bits per heavy atom. The highest BCUT2D eigenvalue weighted by Crippen LogP contribution is 2.24. The summed E-state index contributed by atoms with van der Waals surface area (Å²) in [5, 5.41) is -0.0184. The number of benzene rings is 2. The standard InChI is InChI=1S/C19H18ClNO5S/c1-21-27(24,25)18-10-15(7-8-16(18)20)19(23)26-11-17(22)14-6-5-12-3-2-4-13(12)9-14/h5-10,21H,2-4,11H2,1H3. The van der Waals surface area contributed by atoms with Crippen LogP contribution in [0, 0.1) is 0 Å². The Morgan fingerprint density at radius 2 is 1.78 bits per heavy atom. The Labute approximate surface area is 162 Å². The average molecular weight is 408 g/mol. The lowest BCUT2D eigenvalue weighted by Crippen LogP contribution is -2.20. The van der Waals surface area contributed by atoms with Crippen LogP contribution in [0.4, 0.5) is 0 Å². The maximum absolute atomic E-state index is 12.3. The van der Waals surface area contributed by atoms with Gasteiger partial charge in [0.15, 0.2) is 12.4 Å². The monoisotopic (exact) mass is 407 g/mol. The first-order valence-electron chi connectivity index (χ1n) is 8.37. The quantitative estimate of drug-likeness (QED) is 0.587. The molecule has 27 heavy (non-hydrogen) atoms. The zero-order valence-electron chi connectivity index (χ0n) is 14.6. The summed E-state index contributed by atoms with van der Waals surface area (Å²) in [7, 11) is -2.58. The summed E-state index contributed by atoms with van der Waals surface area (Å²) in [4.78, 5) is 24.3. The SMILES string of the molecule is CNS(=O)(=O)c1cc(C(=O)OCC(=O)c2ccc3c(c2)CCC3)ccc1Cl. The second-order valence-electron chi connectivity index (χ2n) is 6.19. The largest absolute Gasteiger partial charge is 0.454 e. The minimum atomic E-state index is -3.82. The van der Waals surface area contributed by atoms with Crippen LogP contribution in [0.1, 0.15) is 38.3 Å². The van der Waals surface area contributed by atoms with Gasteiger partial charge in [-0.15, -0.1) is 0 Å². The van der Waals surface area contributed by atoms with E-state index in [1.165, 1.54) is 24.7 Å². The number of esters is 1. The Kier molecular flexibility index (Phi) is 5.64. The van der Waals surface area contributed by atoms with Gasteiger partial charge >= 0.3 is 5.97 Å². The predicted molar refractivity (Wildman–Crippen MR) is 101 cm³/mol. The molecule has 0 fully saturated rings. The third-order valence-corrected chi connectivity index (χ3v) is 6.38. The molecule has 8 heteroatoms. The summed E-state index contributed by atoms with van der Waals surface area (Å²) in [5.74, 6) is -1.11. The number of carbonyl (C=O) groups excluding carboxylic acids is 2. The molecule has 0 atom stereocenters. The van der Waals surface area contributed by atoms with Gasteiger partial charge in [0.05, 0.1) is 10.6 Å². The van der Waals surface area contributed by atoms with Crippen molar-refractivity contribution in [3.63, 3.8) is 0 Å². The first-order chi connectivity index (χ1) is 12.8. The number of aryl methyl sites for hydroxylation is 2. The molecule has 0 unspecified atom stereocenters. The van der Waals surface area contributed by atoms with Crippen molar-refractivity contribution in [1.82, 2.24) is 4.72 Å². The molecule has 0 aliphatic heterocycles. The van der Waals surface area contributed by atoms with Gasteiger partial charge in [-0.2, -0.15) is 0 Å². The molecule has 0 saturated heterocycles. The van der Waals surface area contributed by atoms with E-state index < -0.39 is 22.6 Å². The van der Waals surface area contributed by atoms with Crippen LogP contribution in [0.3, 0.4) is 0 Å². The van der Waals surface area contributed by atoms with Crippen LogP contribution >= 0.6 is 11.6 Å². The van der Waals surface area contributed by atoms with E-state index in [2.05, 4.69) is 4.72 Å². The molecule has 2 aromatic rings. The molecule has 6 nitrogen and oxygen atoms in total. The zero-order valence-corrected chi connectivity index (χ0v) is 16.2. The van der Waals surface area contributed by atoms with Gasteiger partial charge in [0.1, 0.15) is 4.90 Å². The van der Waals surface area contributed by atoms with Gasteiger partial charge < -0.3 is 4.74 Å². The van der Waals surface area contributed by atoms with E-state index in [0.29, 0.717) is 5.56 Å². The molecule has 0 aromatic heterocycles. The lowest BCUT2D eigenvalue weighted by molar-refractivity contribution is 0.0474. The predicted octanol–water partition coefficient (Wildman–Crippen LogP) is 2.78. The lowest BCUT2D eigenvalue weighted by atomic mass is 10.0. The van der Waals surface area contributed by atoms with Gasteiger partial charge in [-0.05, 0) is 61.7 Å². The van der Waals surface area contributed by atoms with Gasteiger partial charge in [0, 0.05) is 5.56 Å². The van der Waals surface area contributed by atoms with Crippen molar-refractivity contribution in [2.24, 2.45) is 0 Å². The number of sulfonamides is 1. The van der Waals surface area contributed by atoms with E-state index in [0.717, 1.165) is 30.9 Å². The van der Waals surface area contributed by atoms with E-state index in [1.54, 1.807) is 6.07 Å². The number of nitrogens with one attached hydrogen (secondary N) is 1. The van der Waals surface area contributed by atoms with Crippen molar-refractivity contribution in [2.75, 3.05) is 13.7 Å². The number of hydrogen-bond acceptors (Lipinski definition) is 5. The van der Waals surface area contributed by atoms with Crippen molar-refractivity contribution >= 4 is 33.4 Å². The van der Waals surface area contributed by atoms with Crippen molar-refractivity contribution in [3.05, 3.63) is 63.7 Å². The summed E-state index contributed by atoms with van der Waals surface area (Å²) in [6.07, 6.45) is 3.05. The van der Waals surface area contributed by atoms with Gasteiger partial charge in [-0.1, -0.05) is 23.7 Å². The molecule has 142 valence electrons. The van der Waals surface area contributed by atoms with Crippen molar-refractivity contribution in [3.8, 4) is 0 Å². The molecule has 0 radical (unpaired) electrons. The van der Waals surface area contributed by atoms with E-state index in [-0.39, 0.29) is 21.3 Å². The molecule has 1 aliphatic rings. The fourth-order valence-electron chi connectivity index (χ4n) is 2.99. The fraction of sp³-hybridized carbons (Fsp3) is 0.263. The average Bonchev–Trinajstić information content (AvgIpc) is 3.13. The number of ketones is 1. The third kappa shape index (κ3) is 4.21. The van der Waals surface area contributed by atoms with Gasteiger partial charge in [0.2, 0.25) is 10.0 Å². The first-order valence-corrected chi connectivity index (χ1v) is 10.2. The molecule has 1 aliphatic carbocycles. The number of Topliss-reactive ketones (excluding diaryl/α,β-unsaturated/α-hetero) is 1. The summed E-state index contributed by atoms with van der Waals surface area (Å²) in [5.41, 5.74) is 2.91. The molecule has 0 heterocycles. The van der Waals surface area contributed by atoms with Crippen LogP contribution in [0.15, 0.2) is 41.3 Å². The van der Waals surface area contributed by atoms with Gasteiger partial charge in [0.25, 0.3) is 0 Å². The van der Waals surface area contributed by atoms with E-state index >= 15 is 0 Å². The number of carbonyl (C=O) groups is 2. The van der Waals surface area contributed by atoms with Gasteiger partial charge in [-0.25, -0.2) is 17.9 Å². The molecule has 0 amide bonds. The van der Waals surface area contributed by atoms with Crippen LogP contribution in [0.25, 0.3) is 0 Å². The number of rotatable bonds is 6. The third-order valence-electron chi connectivity index (χ3n) is 4.48. The lowest BCUT2D eigenvalue weighted by Gasteiger charge is -2.09. The highest BCUT2D eigenvalue weighted by Gasteiger charge is 2.20. The van der Waals surface area contributed by atoms with E-state index in [4.69, 9.17) is 16.3 Å². The van der Waals surface area contributed by atoms with Crippen LogP contribution in [0.5, 0.6) is 0 Å². The van der Waals surface area contributed by atoms with Crippen molar-refractivity contribution in [1.29, 1.82) is 0 Å². The summed E-state index contributed by atoms with van der Waals surface area (Å²) in [6, 6.07) is 9.28. The first kappa shape index (κ1) is 19.5. The maximum atomic E-state index is 12.3. The molecule has 1 N–H and O–H groups in total. The van der Waals surface area contributed by atoms with Crippen LogP contribution in [-0.2, 0) is 27.6 Å². The molecular weight excluding hydrogens is 390 g/mol. The Bertz CT molecular complexity index is 1020. The summed E-state index contributed by atoms with van der Waals surface area (Å²) in [6.45, 7) is -0.422. The number of hydrogen-bond donors (Lipinski definition) is 1. The Balaban J connectivity index is 1.71. The molecule has 0 saturated carbocycles. The Morgan fingerprint density at radius 1 is 1.07 bits per heavy atom. The van der Waals surface area contributed by atoms with Gasteiger partial charge in [-0.3, -0.25) is 4.79 Å². The van der Waals surface area contributed by atoms with Crippen LogP contribution < -0.4 is 4.72 Å². The van der Waals surface area contributed by atoms with Crippen LogP contribution in [-0.4, -0.2) is 33.8 Å². The normalized spacial score (nSPS) is 13.3. The van der Waals surface area contributed by atoms with Crippen molar-refractivity contribution < 1.29 is 22.7 Å². The Hall–Kier alpha value is -2.22. The highest BCUT2D eigenvalue weighted by atomic mass is 35.5. The molecule has 3 rings (SSSR count). The topological polar surface area (TPSA) is 89.5 Å². The minimum Gasteiger partial charge on any atom is -0.454 e. The molecule has 0 spiro atoms. The second kappa shape index (κ2) is 7.80. The molecular formula is C19H18ClNO5S. The van der Waals surface area contributed by atoms with E-state index in [9.17, 15) is 18.0 Å². The molecule has 2 aromatic carbocycles. The van der Waals surface area contributed by atoms with E-state index in [1.807, 2.05) is 12.1 Å². The number of halogens is 1. The highest BCUT2D eigenvalue weighted by molar-refractivity contribution is 7.89. The minimum absolute atomic E-state index is 0.00465. The summed E-state index contributed by atoms with van der Waals surface area (Å²) < 4.78 is 31.1. The van der Waals surface area contributed by atoms with Crippen molar-refractivity contribution in [2.45, 2.75) is 24.2 Å². The smallest absolute Gasteiger partial charge is 0.338 e. The number of fused-ring (bicyclic) bond motifs is 1. The second-order valence-corrected chi connectivity index (χ2v) is 8.45. The molecule has 0 bridgehead atoms. The zero-order chi connectivity index (χ0) is 19.6. The fourth-order valence-corrected chi connectivity index (χ4v) is 4.24.